The summed E-state index contributed by atoms with van der Waals surface area (Å²) in [5.41, 5.74) is -0.0261. The number of hydrogen-bond donors (Lipinski definition) is 2. The van der Waals surface area contributed by atoms with Gasteiger partial charge in [0.2, 0.25) is 10.0 Å². The Bertz CT molecular complexity index is 1580. The summed E-state index contributed by atoms with van der Waals surface area (Å²) < 4.78 is 118. The number of halogens is 5. The molecule has 0 bridgehead atoms. The van der Waals surface area contributed by atoms with E-state index in [1.807, 2.05) is 0 Å². The second kappa shape index (κ2) is 11.2. The summed E-state index contributed by atoms with van der Waals surface area (Å²) in [6.45, 7) is 3.34. The molecular weight excluding hydrogens is 612 g/mol. The molecule has 0 saturated heterocycles. The van der Waals surface area contributed by atoms with Gasteiger partial charge in [-0.05, 0) is 56.7 Å². The molecule has 216 valence electrons. The van der Waals surface area contributed by atoms with Crippen LogP contribution >= 0.6 is 23.1 Å². The van der Waals surface area contributed by atoms with Gasteiger partial charge in [0.1, 0.15) is 5.69 Å². The van der Waals surface area contributed by atoms with Crippen molar-refractivity contribution >= 4 is 54.7 Å². The zero-order chi connectivity index (χ0) is 29.4. The van der Waals surface area contributed by atoms with Crippen LogP contribution in [0, 0.1) is 13.8 Å². The first-order valence-electron chi connectivity index (χ1n) is 11.0. The van der Waals surface area contributed by atoms with E-state index in [9.17, 15) is 43.6 Å². The number of aryl methyl sites for hydroxylation is 1. The number of nitrogens with one attached hydrogen (secondary N) is 2. The molecule has 0 aliphatic carbocycles. The maximum absolute atomic E-state index is 13.2. The molecule has 2 aliphatic rings. The second-order valence-corrected chi connectivity index (χ2v) is 14.5. The minimum atomic E-state index is -5.62. The highest BCUT2D eigenvalue weighted by molar-refractivity contribution is 8.01. The van der Waals surface area contributed by atoms with Gasteiger partial charge in [-0.25, -0.2) is 21.6 Å². The third-order valence-corrected chi connectivity index (χ3v) is 9.86. The largest absolute Gasteiger partial charge is 0.453 e. The van der Waals surface area contributed by atoms with Crippen molar-refractivity contribution in [3.8, 4) is 5.69 Å². The number of rotatable bonds is 11. The van der Waals surface area contributed by atoms with Gasteiger partial charge in [-0.2, -0.15) is 26.9 Å². The lowest BCUT2D eigenvalue weighted by Crippen LogP contribution is -2.36. The highest BCUT2D eigenvalue weighted by Gasteiger charge is 2.56. The predicted octanol–water partition coefficient (Wildman–Crippen LogP) is 4.98. The Morgan fingerprint density at radius 3 is 2.18 bits per heavy atom. The van der Waals surface area contributed by atoms with Gasteiger partial charge in [-0.15, -0.1) is 23.1 Å². The van der Waals surface area contributed by atoms with Crippen LogP contribution in [0.4, 0.5) is 33.5 Å². The quantitative estimate of drug-likeness (QED) is 0.173. The van der Waals surface area contributed by atoms with E-state index in [4.69, 9.17) is 0 Å². The first-order chi connectivity index (χ1) is 17.8. The first kappa shape index (κ1) is 31.1. The van der Waals surface area contributed by atoms with Gasteiger partial charge < -0.3 is 0 Å². The number of alkyl halides is 5. The van der Waals surface area contributed by atoms with Gasteiger partial charge in [-0.3, -0.25) is 14.0 Å². The molecule has 1 aromatic carbocycles. The van der Waals surface area contributed by atoms with Crippen LogP contribution in [0.1, 0.15) is 29.8 Å². The van der Waals surface area contributed by atoms with E-state index < -0.39 is 50.7 Å². The molecule has 9 nitrogen and oxygen atoms in total. The van der Waals surface area contributed by atoms with E-state index >= 15 is 0 Å². The first-order valence-corrected chi connectivity index (χ1v) is 16.2. The van der Waals surface area contributed by atoms with Gasteiger partial charge in [0.15, 0.2) is 5.82 Å². The highest BCUT2D eigenvalue weighted by atomic mass is 32.2. The van der Waals surface area contributed by atoms with Crippen LogP contribution in [0.15, 0.2) is 38.2 Å². The van der Waals surface area contributed by atoms with Crippen LogP contribution in [0.5, 0.6) is 0 Å². The summed E-state index contributed by atoms with van der Waals surface area (Å²) in [7, 11) is -7.87. The molecule has 0 atom stereocenters. The van der Waals surface area contributed by atoms with E-state index in [1.165, 1.54) is 28.0 Å². The number of hydrogen-bond acceptors (Lipinski definition) is 8. The smallest absolute Gasteiger partial charge is 0.284 e. The number of anilines is 2. The van der Waals surface area contributed by atoms with Gasteiger partial charge in [-0.1, -0.05) is 0 Å². The topological polar surface area (TPSA) is 127 Å². The van der Waals surface area contributed by atoms with E-state index in [1.54, 1.807) is 13.8 Å². The number of nitrogens with zero attached hydrogens (tertiary/aromatic N) is 2. The molecule has 0 aromatic heterocycles. The van der Waals surface area contributed by atoms with Crippen LogP contribution in [0.3, 0.4) is 0 Å². The molecule has 39 heavy (non-hydrogen) atoms. The van der Waals surface area contributed by atoms with E-state index in [0.717, 1.165) is 30.2 Å². The Morgan fingerprint density at radius 1 is 1.00 bits per heavy atom. The Balaban J connectivity index is 1.85. The van der Waals surface area contributed by atoms with Crippen LogP contribution in [-0.4, -0.2) is 50.5 Å². The summed E-state index contributed by atoms with van der Waals surface area (Å²) in [5.74, 6) is -4.95. The molecule has 2 heterocycles. The number of sulfonamides is 2. The lowest BCUT2D eigenvalue weighted by atomic mass is 10.1. The predicted molar refractivity (Wildman–Crippen MR) is 140 cm³/mol. The maximum atomic E-state index is 13.2. The fourth-order valence-corrected chi connectivity index (χ4v) is 7.44. The SMILES string of the molecule is Cc1sc(SCCCCC(F)(F)C(F)(F)F)c2c(NS(=O)(=O)c3ccc(NS(C)(=O)=O)cc3)nc(=O)n-2c1C. The van der Waals surface area contributed by atoms with Crippen molar-refractivity contribution in [3.63, 3.8) is 0 Å². The number of fused-ring (bicyclic) bond motifs is 1. The van der Waals surface area contributed by atoms with Crippen molar-refractivity contribution in [3.05, 3.63) is 45.3 Å². The summed E-state index contributed by atoms with van der Waals surface area (Å²) >= 11 is 2.27. The lowest BCUT2D eigenvalue weighted by Gasteiger charge is -2.19. The monoisotopic (exact) mass is 634 g/mol. The fourth-order valence-electron chi connectivity index (χ4n) is 3.35. The van der Waals surface area contributed by atoms with Crippen molar-refractivity contribution in [2.45, 2.75) is 54.3 Å². The Kier molecular flexibility index (Phi) is 8.94. The Morgan fingerprint density at radius 2 is 1.62 bits per heavy atom. The van der Waals surface area contributed by atoms with Crippen molar-refractivity contribution in [1.29, 1.82) is 0 Å². The van der Waals surface area contributed by atoms with Crippen molar-refractivity contribution in [2.24, 2.45) is 0 Å². The standard InChI is InChI=1S/C21H23F5N4O5S4/c1-12-13(2)37-18(36-11-5-4-10-20(22,23)21(24,25)26)16-17(27-19(31)30(12)16)29-39(34,35)15-8-6-14(7-9-15)28-38(3,32)33/h6-9,28H,4-5,10-11H2,1-3H3,(H,27,29,31). The molecule has 0 amide bonds. The average molecular weight is 635 g/mol. The minimum absolute atomic E-state index is 0.00936. The number of benzene rings is 1. The van der Waals surface area contributed by atoms with Gasteiger partial charge in [0.25, 0.3) is 10.0 Å². The third kappa shape index (κ3) is 7.40. The van der Waals surface area contributed by atoms with Crippen LogP contribution in [0.25, 0.3) is 5.69 Å². The molecule has 0 spiro atoms. The molecule has 0 unspecified atom stereocenters. The van der Waals surface area contributed by atoms with Gasteiger partial charge >= 0.3 is 17.8 Å². The summed E-state index contributed by atoms with van der Waals surface area (Å²) in [6.07, 6.45) is -6.44. The van der Waals surface area contributed by atoms with Crippen molar-refractivity contribution in [1.82, 2.24) is 9.55 Å². The molecular formula is C21H23F5N4O5S4. The molecule has 2 aliphatic heterocycles. The van der Waals surface area contributed by atoms with E-state index in [-0.39, 0.29) is 34.3 Å². The molecule has 0 saturated carbocycles. The second-order valence-electron chi connectivity index (χ2n) is 8.47. The summed E-state index contributed by atoms with van der Waals surface area (Å²) in [6, 6.07) is 4.77. The number of thioether (sulfide) groups is 1. The molecule has 0 radical (unpaired) electrons. The maximum Gasteiger partial charge on any atom is 0.453 e. The molecule has 3 rings (SSSR count). The molecule has 18 heteroatoms. The average Bonchev–Trinajstić information content (AvgIpc) is 3.10. The number of aromatic nitrogens is 2. The van der Waals surface area contributed by atoms with Gasteiger partial charge in [0, 0.05) is 22.7 Å². The Hall–Kier alpha value is -2.44. The van der Waals surface area contributed by atoms with E-state index in [2.05, 4.69) is 14.4 Å². The zero-order valence-corrected chi connectivity index (χ0v) is 23.9. The lowest BCUT2D eigenvalue weighted by molar-refractivity contribution is -0.284. The van der Waals surface area contributed by atoms with Crippen molar-refractivity contribution in [2.75, 3.05) is 21.5 Å². The summed E-state index contributed by atoms with van der Waals surface area (Å²) in [5, 5.41) is 0. The van der Waals surface area contributed by atoms with Crippen molar-refractivity contribution < 1.29 is 38.8 Å². The van der Waals surface area contributed by atoms with Crippen LogP contribution < -0.4 is 15.1 Å². The highest BCUT2D eigenvalue weighted by Crippen LogP contribution is 2.41. The van der Waals surface area contributed by atoms with Crippen LogP contribution in [0.2, 0.25) is 0 Å². The Labute approximate surface area is 229 Å². The number of unbranched alkanes of at least 4 members (excludes halogenated alkanes) is 1. The fraction of sp³-hybridized carbons (Fsp3) is 0.429. The molecule has 1 aromatic rings. The van der Waals surface area contributed by atoms with Crippen LogP contribution in [-0.2, 0) is 20.0 Å². The minimum Gasteiger partial charge on any atom is -0.284 e. The molecule has 2 N–H and O–H groups in total. The molecule has 0 fully saturated rings. The number of imidazole rings is 1. The summed E-state index contributed by atoms with van der Waals surface area (Å²) in [4.78, 5) is 16.9. The zero-order valence-electron chi connectivity index (χ0n) is 20.6. The normalized spacial score (nSPS) is 13.1. The van der Waals surface area contributed by atoms with Gasteiger partial charge in [0.05, 0.1) is 15.4 Å². The third-order valence-electron chi connectivity index (χ3n) is 5.36. The van der Waals surface area contributed by atoms with E-state index in [0.29, 0.717) is 14.8 Å².